The first-order valence-corrected chi connectivity index (χ1v) is 9.97. The molecule has 0 spiro atoms. The lowest BCUT2D eigenvalue weighted by atomic mass is 10.1. The van der Waals surface area contributed by atoms with Crippen molar-refractivity contribution in [1.29, 1.82) is 0 Å². The minimum atomic E-state index is -0.410. The van der Waals surface area contributed by atoms with Gasteiger partial charge in [0.05, 0.1) is 18.3 Å². The van der Waals surface area contributed by atoms with Crippen LogP contribution in [0.2, 0.25) is 0 Å². The zero-order valence-electron chi connectivity index (χ0n) is 15.2. The van der Waals surface area contributed by atoms with Crippen LogP contribution in [0.4, 0.5) is 14.9 Å². The average molecular weight is 398 g/mol. The Morgan fingerprint density at radius 2 is 1.93 bits per heavy atom. The van der Waals surface area contributed by atoms with Crippen molar-refractivity contribution in [3.05, 3.63) is 71.4 Å². The Hall–Kier alpha value is -2.80. The number of carbonyl (C=O) groups excluding carboxylic acids is 2. The lowest BCUT2D eigenvalue weighted by molar-refractivity contribution is -0.119. The fourth-order valence-electron chi connectivity index (χ4n) is 3.44. The van der Waals surface area contributed by atoms with Crippen molar-refractivity contribution in [2.75, 3.05) is 11.5 Å². The number of rotatable bonds is 5. The lowest BCUT2D eigenvalue weighted by Crippen LogP contribution is -2.61. The van der Waals surface area contributed by atoms with Crippen molar-refractivity contribution < 1.29 is 18.7 Å². The van der Waals surface area contributed by atoms with E-state index in [4.69, 9.17) is 4.74 Å². The van der Waals surface area contributed by atoms with E-state index in [0.717, 1.165) is 0 Å². The molecule has 5 nitrogen and oxygen atoms in total. The van der Waals surface area contributed by atoms with E-state index < -0.39 is 11.3 Å². The molecule has 0 N–H and O–H groups in total. The summed E-state index contributed by atoms with van der Waals surface area (Å²) in [6.45, 7) is 2.65. The number of benzene rings is 2. The molecule has 0 saturated carbocycles. The van der Waals surface area contributed by atoms with Crippen molar-refractivity contribution in [1.82, 2.24) is 4.90 Å². The molecule has 28 heavy (non-hydrogen) atoms. The van der Waals surface area contributed by atoms with Gasteiger partial charge in [0.25, 0.3) is 5.91 Å². The highest BCUT2D eigenvalue weighted by Gasteiger charge is 2.47. The molecule has 2 aliphatic rings. The number of hydrogen-bond acceptors (Lipinski definition) is 4. The zero-order valence-corrected chi connectivity index (χ0v) is 16.1. The molecule has 0 aliphatic carbocycles. The Balaban J connectivity index is 1.65. The van der Waals surface area contributed by atoms with E-state index >= 15 is 0 Å². The van der Waals surface area contributed by atoms with Crippen LogP contribution in [-0.4, -0.2) is 34.7 Å². The van der Waals surface area contributed by atoms with Gasteiger partial charge in [-0.3, -0.25) is 4.79 Å². The molecule has 7 heteroatoms. The summed E-state index contributed by atoms with van der Waals surface area (Å²) in [7, 11) is 0. The van der Waals surface area contributed by atoms with Crippen LogP contribution in [0.25, 0.3) is 0 Å². The second-order valence-electron chi connectivity index (χ2n) is 6.52. The Labute approximate surface area is 166 Å². The van der Waals surface area contributed by atoms with E-state index in [1.807, 2.05) is 18.4 Å². The SMILES string of the molecule is CCOc1ccc(N2C(=O)C3SC=CC3N(Cc3cccc(F)c3)C2=O)cc1. The third kappa shape index (κ3) is 3.38. The smallest absolute Gasteiger partial charge is 0.332 e. The lowest BCUT2D eigenvalue weighted by Gasteiger charge is -2.41. The van der Waals surface area contributed by atoms with Crippen LogP contribution in [0.5, 0.6) is 5.75 Å². The first-order valence-electron chi connectivity index (χ1n) is 9.02. The van der Waals surface area contributed by atoms with Gasteiger partial charge in [-0.25, -0.2) is 14.1 Å². The first-order chi connectivity index (χ1) is 13.6. The molecule has 2 heterocycles. The second kappa shape index (κ2) is 7.67. The summed E-state index contributed by atoms with van der Waals surface area (Å²) >= 11 is 1.40. The number of imide groups is 1. The van der Waals surface area contributed by atoms with Crippen molar-refractivity contribution >= 4 is 29.4 Å². The van der Waals surface area contributed by atoms with E-state index in [9.17, 15) is 14.0 Å². The summed E-state index contributed by atoms with van der Waals surface area (Å²) in [6.07, 6.45) is 1.86. The largest absolute Gasteiger partial charge is 0.494 e. The van der Waals surface area contributed by atoms with Crippen LogP contribution in [0.1, 0.15) is 12.5 Å². The quantitative estimate of drug-likeness (QED) is 0.758. The average Bonchev–Trinajstić information content (AvgIpc) is 3.17. The topological polar surface area (TPSA) is 49.9 Å². The molecular formula is C21H19FN2O3S. The van der Waals surface area contributed by atoms with Gasteiger partial charge in [-0.2, -0.15) is 0 Å². The van der Waals surface area contributed by atoms with Crippen molar-refractivity contribution in [2.24, 2.45) is 0 Å². The van der Waals surface area contributed by atoms with Crippen LogP contribution in [0, 0.1) is 5.82 Å². The Morgan fingerprint density at radius 3 is 2.64 bits per heavy atom. The number of nitrogens with zero attached hydrogens (tertiary/aromatic N) is 2. The van der Waals surface area contributed by atoms with E-state index in [0.29, 0.717) is 23.6 Å². The minimum Gasteiger partial charge on any atom is -0.494 e. The van der Waals surface area contributed by atoms with E-state index in [2.05, 4.69) is 0 Å². The number of amides is 3. The maximum atomic E-state index is 13.6. The fraction of sp³-hybridized carbons (Fsp3) is 0.238. The molecule has 0 bridgehead atoms. The van der Waals surface area contributed by atoms with Gasteiger partial charge in [0, 0.05) is 6.54 Å². The molecule has 1 saturated heterocycles. The van der Waals surface area contributed by atoms with E-state index in [1.54, 1.807) is 41.3 Å². The van der Waals surface area contributed by atoms with Crippen molar-refractivity contribution in [2.45, 2.75) is 24.8 Å². The highest BCUT2D eigenvalue weighted by atomic mass is 32.2. The highest BCUT2D eigenvalue weighted by Crippen LogP contribution is 2.37. The molecule has 2 unspecified atom stereocenters. The predicted molar refractivity (Wildman–Crippen MR) is 107 cm³/mol. The van der Waals surface area contributed by atoms with Gasteiger partial charge in [-0.05, 0) is 54.3 Å². The van der Waals surface area contributed by atoms with Gasteiger partial charge in [0.2, 0.25) is 0 Å². The minimum absolute atomic E-state index is 0.226. The maximum absolute atomic E-state index is 13.6. The summed E-state index contributed by atoms with van der Waals surface area (Å²) in [5.74, 6) is 0.0773. The normalized spacial score (nSPS) is 21.2. The molecule has 3 amide bonds. The number of halogens is 1. The van der Waals surface area contributed by atoms with Gasteiger partial charge in [0.15, 0.2) is 0 Å². The standard InChI is InChI=1S/C21H19FN2O3S/c1-2-27-17-8-6-16(7-9-17)24-20(25)19-18(10-11-28-19)23(21(24)26)13-14-4-3-5-15(22)12-14/h3-12,18-19H,2,13H2,1H3. The van der Waals surface area contributed by atoms with Crippen LogP contribution in [0.15, 0.2) is 60.0 Å². The fourth-order valence-corrected chi connectivity index (χ4v) is 4.48. The number of urea groups is 1. The summed E-state index contributed by atoms with van der Waals surface area (Å²) in [5, 5.41) is 1.44. The predicted octanol–water partition coefficient (Wildman–Crippen LogP) is 4.19. The monoisotopic (exact) mass is 398 g/mol. The van der Waals surface area contributed by atoms with Crippen LogP contribution in [-0.2, 0) is 11.3 Å². The van der Waals surface area contributed by atoms with Crippen molar-refractivity contribution in [3.63, 3.8) is 0 Å². The Kier molecular flexibility index (Phi) is 5.09. The molecule has 2 aliphatic heterocycles. The molecule has 0 aromatic heterocycles. The number of thioether (sulfide) groups is 1. The second-order valence-corrected chi connectivity index (χ2v) is 7.57. The molecule has 144 valence electrons. The summed E-state index contributed by atoms with van der Waals surface area (Å²) < 4.78 is 19.0. The zero-order chi connectivity index (χ0) is 19.7. The van der Waals surface area contributed by atoms with Gasteiger partial charge in [-0.15, -0.1) is 11.8 Å². The summed E-state index contributed by atoms with van der Waals surface area (Å²) in [6, 6.07) is 12.3. The number of anilines is 1. The highest BCUT2D eigenvalue weighted by molar-refractivity contribution is 8.03. The summed E-state index contributed by atoms with van der Waals surface area (Å²) in [4.78, 5) is 29.1. The number of fused-ring (bicyclic) bond motifs is 1. The van der Waals surface area contributed by atoms with Crippen LogP contribution in [0.3, 0.4) is 0 Å². The van der Waals surface area contributed by atoms with Crippen molar-refractivity contribution in [3.8, 4) is 5.75 Å². The third-order valence-electron chi connectivity index (χ3n) is 4.72. The van der Waals surface area contributed by atoms with Gasteiger partial charge in [0.1, 0.15) is 16.8 Å². The number of carbonyl (C=O) groups is 2. The number of hydrogen-bond donors (Lipinski definition) is 0. The van der Waals surface area contributed by atoms with Gasteiger partial charge >= 0.3 is 6.03 Å². The third-order valence-corrected chi connectivity index (χ3v) is 5.81. The van der Waals surface area contributed by atoms with E-state index in [-0.39, 0.29) is 24.3 Å². The molecular weight excluding hydrogens is 379 g/mol. The van der Waals surface area contributed by atoms with Crippen LogP contribution >= 0.6 is 11.8 Å². The first kappa shape index (κ1) is 18.6. The molecule has 2 aromatic rings. The molecule has 1 fully saturated rings. The van der Waals surface area contributed by atoms with E-state index in [1.165, 1.54) is 28.8 Å². The Morgan fingerprint density at radius 1 is 1.14 bits per heavy atom. The molecule has 0 radical (unpaired) electrons. The van der Waals surface area contributed by atoms with Gasteiger partial charge in [-0.1, -0.05) is 18.2 Å². The number of ether oxygens (including phenoxy) is 1. The molecule has 2 aromatic carbocycles. The molecule has 4 rings (SSSR count). The Bertz CT molecular complexity index is 932. The van der Waals surface area contributed by atoms with Crippen LogP contribution < -0.4 is 9.64 Å². The summed E-state index contributed by atoms with van der Waals surface area (Å²) in [5.41, 5.74) is 1.17. The molecule has 2 atom stereocenters. The van der Waals surface area contributed by atoms with Gasteiger partial charge < -0.3 is 9.64 Å². The maximum Gasteiger partial charge on any atom is 0.332 e.